The number of halogens is 1. The van der Waals surface area contributed by atoms with Gasteiger partial charge in [-0.15, -0.1) is 0 Å². The molecule has 0 radical (unpaired) electrons. The normalized spacial score (nSPS) is 15.5. The van der Waals surface area contributed by atoms with Crippen LogP contribution in [-0.4, -0.2) is 34.6 Å². The number of nitrogens with zero attached hydrogens (tertiary/aromatic N) is 3. The lowest BCUT2D eigenvalue weighted by molar-refractivity contribution is -0.402. The van der Waals surface area contributed by atoms with Crippen molar-refractivity contribution in [3.8, 4) is 0 Å². The summed E-state index contributed by atoms with van der Waals surface area (Å²) < 4.78 is 5.38. The number of carbonyl (C=O) groups is 2. The third kappa shape index (κ3) is 2.47. The Morgan fingerprint density at radius 1 is 1.61 bits per heavy atom. The first kappa shape index (κ1) is 12.5. The molecule has 0 aromatic carbocycles. The van der Waals surface area contributed by atoms with Gasteiger partial charge >= 0.3 is 11.9 Å². The van der Waals surface area contributed by atoms with E-state index in [1.165, 1.54) is 6.07 Å². The monoisotopic (exact) mass is 362 g/mol. The second-order valence-corrected chi connectivity index (χ2v) is 4.37. The average molecular weight is 362 g/mol. The van der Waals surface area contributed by atoms with Crippen LogP contribution in [0.4, 0.5) is 10.7 Å². The molecule has 1 aliphatic rings. The number of hydrogen-bond acceptors (Lipinski definition) is 6. The number of imide groups is 1. The standard InChI is InChI=1S/C8H5IN4O5/c9-4-1-7(13(16)17)18-5(4)2-10-12-3-6(14)11-8(12)15/h1-2H,3H2,(H,11,14,15)/b10-2+/i9-2. The maximum absolute atomic E-state index is 11.1. The predicted octanol–water partition coefficient (Wildman–Crippen LogP) is 0.678. The molecule has 0 unspecified atom stereocenters. The summed E-state index contributed by atoms with van der Waals surface area (Å²) in [6, 6.07) is 0.587. The van der Waals surface area contributed by atoms with Gasteiger partial charge in [-0.2, -0.15) is 5.10 Å². The molecule has 10 heteroatoms. The number of hydrazone groups is 1. The molecule has 1 fully saturated rings. The van der Waals surface area contributed by atoms with Crippen molar-refractivity contribution in [3.63, 3.8) is 0 Å². The quantitative estimate of drug-likeness (QED) is 0.279. The molecule has 1 aliphatic heterocycles. The molecule has 0 bridgehead atoms. The molecule has 94 valence electrons. The van der Waals surface area contributed by atoms with Gasteiger partial charge in [0.05, 0.1) is 15.9 Å². The highest BCUT2D eigenvalue weighted by Crippen LogP contribution is 2.22. The first-order valence-electron chi connectivity index (χ1n) is 4.56. The van der Waals surface area contributed by atoms with Crippen LogP contribution >= 0.6 is 22.6 Å². The van der Waals surface area contributed by atoms with Crippen LogP contribution in [0, 0.1) is 13.7 Å². The SMILES string of the molecule is O=C1CN(/N=C/c2oc([N+](=O)[O-])cc2[125I])C(=O)N1. The third-order valence-electron chi connectivity index (χ3n) is 1.97. The van der Waals surface area contributed by atoms with Crippen LogP contribution in [0.5, 0.6) is 0 Å². The Morgan fingerprint density at radius 2 is 2.33 bits per heavy atom. The van der Waals surface area contributed by atoms with Crippen LogP contribution < -0.4 is 5.32 Å². The fraction of sp³-hybridized carbons (Fsp3) is 0.125. The number of rotatable bonds is 3. The summed E-state index contributed by atoms with van der Waals surface area (Å²) >= 11 is 1.83. The summed E-state index contributed by atoms with van der Waals surface area (Å²) in [5, 5.41) is 17.1. The van der Waals surface area contributed by atoms with Crippen molar-refractivity contribution in [2.24, 2.45) is 5.10 Å². The zero-order valence-corrected chi connectivity index (χ0v) is 10.8. The van der Waals surface area contributed by atoms with Gasteiger partial charge in [-0.3, -0.25) is 20.2 Å². The van der Waals surface area contributed by atoms with Gasteiger partial charge in [-0.25, -0.2) is 9.80 Å². The molecular formula is C8H5IN4O5. The molecule has 1 N–H and O–H groups in total. The third-order valence-corrected chi connectivity index (χ3v) is 2.81. The summed E-state index contributed by atoms with van der Waals surface area (Å²) in [6.07, 6.45) is 1.15. The second kappa shape index (κ2) is 4.72. The number of amides is 3. The summed E-state index contributed by atoms with van der Waals surface area (Å²) in [4.78, 5) is 31.8. The van der Waals surface area contributed by atoms with Gasteiger partial charge in [-0.1, -0.05) is 0 Å². The van der Waals surface area contributed by atoms with Crippen LogP contribution in [0.1, 0.15) is 5.76 Å². The van der Waals surface area contributed by atoms with Crippen molar-refractivity contribution in [1.82, 2.24) is 10.3 Å². The lowest BCUT2D eigenvalue weighted by Gasteiger charge is -2.02. The Balaban J connectivity index is 2.16. The van der Waals surface area contributed by atoms with E-state index in [-0.39, 0.29) is 12.3 Å². The fourth-order valence-electron chi connectivity index (χ4n) is 1.19. The van der Waals surface area contributed by atoms with Gasteiger partial charge in [0.1, 0.15) is 11.5 Å². The lowest BCUT2D eigenvalue weighted by atomic mass is 10.5. The van der Waals surface area contributed by atoms with Crippen molar-refractivity contribution in [2.45, 2.75) is 0 Å². The highest BCUT2D eigenvalue weighted by molar-refractivity contribution is 14.1. The van der Waals surface area contributed by atoms with Gasteiger partial charge in [0.2, 0.25) is 5.91 Å². The maximum atomic E-state index is 11.1. The zero-order chi connectivity index (χ0) is 13.3. The van der Waals surface area contributed by atoms with E-state index < -0.39 is 22.7 Å². The maximum Gasteiger partial charge on any atom is 0.434 e. The van der Waals surface area contributed by atoms with E-state index in [0.29, 0.717) is 3.57 Å². The molecule has 0 spiro atoms. The first-order valence-corrected chi connectivity index (χ1v) is 5.64. The predicted molar refractivity (Wildman–Crippen MR) is 65.9 cm³/mol. The minimum absolute atomic E-state index is 0.148. The van der Waals surface area contributed by atoms with Gasteiger partial charge in [0, 0.05) is 0 Å². The highest BCUT2D eigenvalue weighted by atomic mass is 125. The van der Waals surface area contributed by atoms with Crippen LogP contribution in [0.2, 0.25) is 0 Å². The van der Waals surface area contributed by atoms with E-state index >= 15 is 0 Å². The van der Waals surface area contributed by atoms with E-state index in [4.69, 9.17) is 4.42 Å². The molecule has 1 saturated heterocycles. The number of urea groups is 1. The summed E-state index contributed by atoms with van der Waals surface area (Å²) in [5.74, 6) is -0.727. The summed E-state index contributed by atoms with van der Waals surface area (Å²) in [7, 11) is 0. The molecule has 0 aliphatic carbocycles. The summed E-state index contributed by atoms with van der Waals surface area (Å²) in [6.45, 7) is -0.186. The van der Waals surface area contributed by atoms with Gasteiger partial charge in [0.15, 0.2) is 5.76 Å². The van der Waals surface area contributed by atoms with E-state index in [0.717, 1.165) is 11.2 Å². The van der Waals surface area contributed by atoms with Crippen LogP contribution in [-0.2, 0) is 4.79 Å². The number of nitro groups is 1. The minimum Gasteiger partial charge on any atom is -0.398 e. The Labute approximate surface area is 113 Å². The topological polar surface area (TPSA) is 118 Å². The molecule has 2 heterocycles. The van der Waals surface area contributed by atoms with E-state index in [1.54, 1.807) is 0 Å². The Bertz CT molecular complexity index is 566. The largest absolute Gasteiger partial charge is 0.434 e. The minimum atomic E-state index is -0.675. The van der Waals surface area contributed by atoms with Gasteiger partial charge in [0.25, 0.3) is 0 Å². The first-order chi connectivity index (χ1) is 8.47. The smallest absolute Gasteiger partial charge is 0.398 e. The molecule has 1 aromatic rings. The van der Waals surface area contributed by atoms with Crippen molar-refractivity contribution in [1.29, 1.82) is 0 Å². The van der Waals surface area contributed by atoms with Gasteiger partial charge in [-0.05, 0) is 22.6 Å². The number of nitrogens with one attached hydrogen (secondary N) is 1. The fourth-order valence-corrected chi connectivity index (χ4v) is 1.71. The van der Waals surface area contributed by atoms with Crippen molar-refractivity contribution < 1.29 is 18.9 Å². The summed E-state index contributed by atoms with van der Waals surface area (Å²) in [5.41, 5.74) is 0. The van der Waals surface area contributed by atoms with E-state index in [2.05, 4.69) is 5.10 Å². The number of hydrogen-bond donors (Lipinski definition) is 1. The molecule has 0 saturated carbocycles. The Kier molecular flexibility index (Phi) is 3.27. The molecule has 18 heavy (non-hydrogen) atoms. The van der Waals surface area contributed by atoms with Crippen LogP contribution in [0.3, 0.4) is 0 Å². The van der Waals surface area contributed by atoms with Crippen molar-refractivity contribution in [2.75, 3.05) is 6.54 Å². The van der Waals surface area contributed by atoms with Crippen molar-refractivity contribution in [3.05, 3.63) is 25.5 Å². The zero-order valence-electron chi connectivity index (χ0n) is 8.62. The molecular weight excluding hydrogens is 357 g/mol. The molecule has 9 nitrogen and oxygen atoms in total. The number of carbonyl (C=O) groups excluding carboxylic acids is 2. The molecule has 0 atom stereocenters. The molecule has 2 rings (SSSR count). The van der Waals surface area contributed by atoms with Crippen LogP contribution in [0.15, 0.2) is 15.6 Å². The Morgan fingerprint density at radius 3 is 2.83 bits per heavy atom. The lowest BCUT2D eigenvalue weighted by Crippen LogP contribution is -2.24. The Hall–Kier alpha value is -1.98. The van der Waals surface area contributed by atoms with Gasteiger partial charge < -0.3 is 4.42 Å². The van der Waals surface area contributed by atoms with E-state index in [9.17, 15) is 19.7 Å². The average Bonchev–Trinajstić information content (AvgIpc) is 2.79. The van der Waals surface area contributed by atoms with Crippen LogP contribution in [0.25, 0.3) is 0 Å². The highest BCUT2D eigenvalue weighted by Gasteiger charge is 2.26. The number of furan rings is 1. The molecule has 3 amide bonds. The molecule has 1 aromatic heterocycles. The second-order valence-electron chi connectivity index (χ2n) is 3.21. The van der Waals surface area contributed by atoms with E-state index in [1.807, 2.05) is 27.9 Å². The van der Waals surface area contributed by atoms with Crippen molar-refractivity contribution >= 4 is 46.6 Å².